The van der Waals surface area contributed by atoms with E-state index in [1.807, 2.05) is 30.3 Å². The van der Waals surface area contributed by atoms with Crippen LogP contribution in [-0.4, -0.2) is 57.5 Å². The minimum absolute atomic E-state index is 0. The van der Waals surface area contributed by atoms with Gasteiger partial charge in [-0.05, 0) is 65.5 Å². The number of aromatic hydroxyl groups is 1. The average Bonchev–Trinajstić information content (AvgIpc) is 3.09. The van der Waals surface area contributed by atoms with Crippen molar-refractivity contribution >= 4 is 111 Å². The van der Waals surface area contributed by atoms with Gasteiger partial charge in [-0.25, -0.2) is 5.26 Å². The second-order valence-electron chi connectivity index (χ2n) is 10.4. The number of halogens is 1. The monoisotopic (exact) mass is 925 g/mol. The van der Waals surface area contributed by atoms with Crippen LogP contribution in [0.4, 0.5) is 34.6 Å². The molecule has 6 aromatic rings. The van der Waals surface area contributed by atoms with Crippen molar-refractivity contribution in [2.45, 2.75) is 14.7 Å². The van der Waals surface area contributed by atoms with Crippen LogP contribution in [0.5, 0.6) is 5.75 Å². The first-order valence-electron chi connectivity index (χ1n) is 14.4. The van der Waals surface area contributed by atoms with Crippen LogP contribution in [0.25, 0.3) is 21.5 Å². The van der Waals surface area contributed by atoms with E-state index in [-0.39, 0.29) is 76.6 Å². The number of para-hydroxylation sites is 1. The Bertz CT molecular complexity index is 2710. The normalized spacial score (nSPS) is 11.7. The number of phenols is 1. The fourth-order valence-corrected chi connectivity index (χ4v) is 7.04. The smallest absolute Gasteiger partial charge is 0.297 e. The Balaban J connectivity index is 0.00000128. The molecule has 0 aliphatic heterocycles. The van der Waals surface area contributed by atoms with Crippen LogP contribution >= 0.6 is 23.6 Å². The minimum atomic E-state index is -5.06. The summed E-state index contributed by atoms with van der Waals surface area (Å²) >= 11 is 6.54. The van der Waals surface area contributed by atoms with E-state index in [1.165, 1.54) is 18.2 Å². The minimum Gasteiger partial charge on any atom is -0.505 e. The van der Waals surface area contributed by atoms with Gasteiger partial charge in [0, 0.05) is 60.2 Å². The van der Waals surface area contributed by atoms with Crippen molar-refractivity contribution in [2.24, 2.45) is 10.2 Å². The number of hydrogen-bond donors (Lipinski definition) is 6. The summed E-state index contributed by atoms with van der Waals surface area (Å²) in [4.78, 5) is 11.1. The van der Waals surface area contributed by atoms with Crippen molar-refractivity contribution in [3.05, 3.63) is 90.2 Å². The van der Waals surface area contributed by atoms with Gasteiger partial charge in [0.2, 0.25) is 17.2 Å². The first-order valence-corrected chi connectivity index (χ1v) is 19.9. The van der Waals surface area contributed by atoms with E-state index in [1.54, 1.807) is 12.1 Å². The molecular formula is C30H23ClN7O12S4Y-. The van der Waals surface area contributed by atoms with Crippen molar-refractivity contribution in [1.29, 1.82) is 0 Å². The molecule has 0 aliphatic carbocycles. The SMILES string of the molecule is C[S-](=O)=O.O=S(=O)(O)c1cccc2c(S(=O)(=O)O)c(N=Nc3c(SOOO)cc4cc(Nc5nc(Cl)nc(Nc6ccccc6)n5)ccc4c3O)ccc12.[Y]. The van der Waals surface area contributed by atoms with Gasteiger partial charge in [0.15, 0.2) is 5.75 Å². The molecule has 19 nitrogen and oxygen atoms in total. The van der Waals surface area contributed by atoms with Gasteiger partial charge >= 0.3 is 0 Å². The summed E-state index contributed by atoms with van der Waals surface area (Å²) in [5.74, 6) is -0.186. The Kier molecular flexibility index (Phi) is 14.9. The van der Waals surface area contributed by atoms with Gasteiger partial charge in [-0.3, -0.25) is 9.11 Å². The first kappa shape index (κ1) is 43.7. The third-order valence-electron chi connectivity index (χ3n) is 6.84. The molecule has 55 heavy (non-hydrogen) atoms. The van der Waals surface area contributed by atoms with E-state index in [0.717, 1.165) is 36.2 Å². The zero-order valence-corrected chi connectivity index (χ0v) is 34.3. The summed E-state index contributed by atoms with van der Waals surface area (Å²) in [6, 6.07) is 20.9. The van der Waals surface area contributed by atoms with Crippen molar-refractivity contribution in [3.8, 4) is 5.75 Å². The van der Waals surface area contributed by atoms with Crippen LogP contribution in [0.1, 0.15) is 0 Å². The maximum atomic E-state index is 12.5. The van der Waals surface area contributed by atoms with Crippen molar-refractivity contribution < 1.29 is 86.8 Å². The first-order chi connectivity index (χ1) is 25.5. The fraction of sp³-hybridized carbons (Fsp3) is 0.0333. The number of phenolic OH excluding ortho intramolecular Hbond substituents is 1. The summed E-state index contributed by atoms with van der Waals surface area (Å²) in [6.45, 7) is 0. The van der Waals surface area contributed by atoms with E-state index < -0.39 is 52.2 Å². The molecule has 1 radical (unpaired) electrons. The van der Waals surface area contributed by atoms with Crippen LogP contribution in [0.3, 0.4) is 0 Å². The van der Waals surface area contributed by atoms with Gasteiger partial charge in [0.1, 0.15) is 21.2 Å². The maximum Gasteiger partial charge on any atom is 0.297 e. The molecule has 0 unspecified atom stereocenters. The second-order valence-corrected chi connectivity index (χ2v) is 15.0. The van der Waals surface area contributed by atoms with Crippen LogP contribution in [0.15, 0.2) is 110 Å². The Morgan fingerprint density at radius 1 is 0.782 bits per heavy atom. The average molecular weight is 926 g/mol. The third kappa shape index (κ3) is 11.3. The Labute approximate surface area is 347 Å². The topological polar surface area (TPSA) is 289 Å². The van der Waals surface area contributed by atoms with E-state index in [2.05, 4.69) is 45.2 Å². The number of azo groups is 1. The molecule has 6 rings (SSSR count). The van der Waals surface area contributed by atoms with Gasteiger partial charge in [0.25, 0.3) is 20.2 Å². The number of benzene rings is 5. The molecule has 1 aromatic heterocycles. The van der Waals surface area contributed by atoms with Gasteiger partial charge in [-0.15, -0.1) is 14.6 Å². The quantitative estimate of drug-likeness (QED) is 0.0186. The molecule has 6 N–H and O–H groups in total. The van der Waals surface area contributed by atoms with E-state index in [0.29, 0.717) is 23.1 Å². The number of fused-ring (bicyclic) bond motifs is 2. The molecule has 0 bridgehead atoms. The van der Waals surface area contributed by atoms with E-state index in [4.69, 9.17) is 25.3 Å². The standard InChI is InChI=1S/C29H20ClN7O10S3.CH3O2S.Y/c30-27-33-28(31-16-5-2-1-3-6-16)35-29(34-27)32-17-9-10-18-15(13-17)14-22(48-47-46-39)24(25(18)38)37-36-21-12-11-19-20(26(21)50(43,44)45)7-4-8-23(19)49(40,41)42;1-4(2)3;/h1-14,38-39H,(H,40,41,42)(H,43,44,45)(H2,31,32,33,34,35);1H3;/q;-1;. The summed E-state index contributed by atoms with van der Waals surface area (Å²) < 4.78 is 91.0. The van der Waals surface area contributed by atoms with Crippen molar-refractivity contribution in [1.82, 2.24) is 15.0 Å². The number of nitrogens with one attached hydrogen (secondary N) is 2. The predicted molar refractivity (Wildman–Crippen MR) is 197 cm³/mol. The number of anilines is 4. The number of nitrogens with zero attached hydrogens (tertiary/aromatic N) is 5. The van der Waals surface area contributed by atoms with Gasteiger partial charge in [-0.1, -0.05) is 58.4 Å². The predicted octanol–water partition coefficient (Wildman–Crippen LogP) is 7.28. The van der Waals surface area contributed by atoms with Crippen LogP contribution in [0, 0.1) is 0 Å². The van der Waals surface area contributed by atoms with Gasteiger partial charge in [0.05, 0.1) is 16.9 Å². The maximum absolute atomic E-state index is 12.5. The molecule has 1 heterocycles. The molecule has 0 aliphatic rings. The molecule has 0 atom stereocenters. The molecule has 5 aromatic carbocycles. The Hall–Kier alpha value is -3.98. The van der Waals surface area contributed by atoms with Crippen molar-refractivity contribution in [2.75, 3.05) is 16.9 Å². The zero-order valence-electron chi connectivity index (χ0n) is 27.5. The largest absolute Gasteiger partial charge is 0.505 e. The molecule has 0 fully saturated rings. The molecule has 0 spiro atoms. The Morgan fingerprint density at radius 2 is 1.42 bits per heavy atom. The van der Waals surface area contributed by atoms with Crippen LogP contribution in [-0.2, 0) is 81.4 Å². The van der Waals surface area contributed by atoms with E-state index in [9.17, 15) is 31.0 Å². The van der Waals surface area contributed by atoms with Crippen LogP contribution in [0.2, 0.25) is 5.28 Å². The van der Waals surface area contributed by atoms with Crippen molar-refractivity contribution in [3.63, 3.8) is 0 Å². The van der Waals surface area contributed by atoms with Crippen LogP contribution < -0.4 is 10.6 Å². The summed E-state index contributed by atoms with van der Waals surface area (Å²) in [6.07, 6.45) is 1.08. The van der Waals surface area contributed by atoms with E-state index >= 15 is 0 Å². The molecule has 0 saturated heterocycles. The molecular weight excluding hydrogens is 903 g/mol. The number of aromatic nitrogens is 3. The third-order valence-corrected chi connectivity index (χ3v) is 9.49. The van der Waals surface area contributed by atoms with Gasteiger partial charge in [-0.2, -0.15) is 31.8 Å². The number of rotatable bonds is 11. The molecule has 25 heteroatoms. The zero-order chi connectivity index (χ0) is 39.2. The fourth-order valence-electron chi connectivity index (χ4n) is 4.85. The Morgan fingerprint density at radius 3 is 2.04 bits per heavy atom. The summed E-state index contributed by atoms with van der Waals surface area (Å²) in [7, 11) is -11.7. The summed E-state index contributed by atoms with van der Waals surface area (Å²) in [5.41, 5.74) is 0.455. The molecule has 285 valence electrons. The summed E-state index contributed by atoms with van der Waals surface area (Å²) in [5, 5.41) is 37.8. The number of hydrogen-bond acceptors (Lipinski definition) is 19. The molecule has 0 amide bonds. The van der Waals surface area contributed by atoms with Gasteiger partial charge < -0.3 is 24.2 Å². The second kappa shape index (κ2) is 18.8. The molecule has 0 saturated carbocycles.